The molecule has 3 heterocycles. The van der Waals surface area contributed by atoms with Crippen LogP contribution in [0.15, 0.2) is 29.3 Å². The maximum absolute atomic E-state index is 11.8. The molecule has 1 aromatic rings. The van der Waals surface area contributed by atoms with E-state index in [1.54, 1.807) is 11.4 Å². The van der Waals surface area contributed by atoms with Crippen molar-refractivity contribution >= 4 is 11.3 Å². The molecule has 1 saturated carbocycles. The third-order valence-corrected chi connectivity index (χ3v) is 6.75. The van der Waals surface area contributed by atoms with Crippen LogP contribution in [0.2, 0.25) is 0 Å². The number of halogens is 3. The first-order valence-electron chi connectivity index (χ1n) is 9.89. The number of nitrogens with zero attached hydrogens (tertiary/aromatic N) is 2. The molecule has 3 aliphatic rings. The van der Waals surface area contributed by atoms with Crippen LogP contribution in [0.1, 0.15) is 49.5 Å². The van der Waals surface area contributed by atoms with E-state index in [4.69, 9.17) is 15.7 Å². The summed E-state index contributed by atoms with van der Waals surface area (Å²) in [5, 5.41) is 29.1. The van der Waals surface area contributed by atoms with Crippen molar-refractivity contribution in [2.45, 2.75) is 62.9 Å². The second-order valence-electron chi connectivity index (χ2n) is 7.69. The molecule has 3 fully saturated rings. The maximum Gasteiger partial charge on any atom is 2.00 e. The van der Waals surface area contributed by atoms with Gasteiger partial charge in [0.2, 0.25) is 0 Å². The van der Waals surface area contributed by atoms with Crippen molar-refractivity contribution in [1.29, 1.82) is 0 Å². The van der Waals surface area contributed by atoms with Crippen LogP contribution in [-0.2, 0) is 0 Å². The largest absolute Gasteiger partial charge is 2.00 e. The molecule has 0 aromatic carbocycles. The van der Waals surface area contributed by atoms with Gasteiger partial charge in [-0.3, -0.25) is 0 Å². The van der Waals surface area contributed by atoms with E-state index in [2.05, 4.69) is 0 Å². The summed E-state index contributed by atoms with van der Waals surface area (Å²) in [5.74, 6) is 0.0112. The number of aliphatic hydroxyl groups excluding tert-OH is 2. The van der Waals surface area contributed by atoms with Crippen LogP contribution >= 0.6 is 11.3 Å². The molecule has 2 saturated heterocycles. The molecule has 2 aliphatic heterocycles. The number of fused-ring (bicyclic) bond motifs is 3. The number of rotatable bonds is 2. The minimum atomic E-state index is -4.81. The summed E-state index contributed by atoms with van der Waals surface area (Å²) in [6.45, 7) is 2.22. The number of hydrogen-bond acceptors (Lipinski definition) is 3. The molecular formula is C20H27EuF3N2O2S. The zero-order valence-electron chi connectivity index (χ0n) is 16.1. The van der Waals surface area contributed by atoms with Crippen LogP contribution in [0.25, 0.3) is 10.6 Å². The fraction of sp³-hybridized carbons (Fsp3) is 0.700. The maximum atomic E-state index is 11.8. The molecule has 1 radical (unpaired) electrons. The van der Waals surface area contributed by atoms with E-state index in [-0.39, 0.29) is 49.4 Å². The van der Waals surface area contributed by atoms with Gasteiger partial charge < -0.3 is 20.8 Å². The van der Waals surface area contributed by atoms with Crippen molar-refractivity contribution < 1.29 is 72.8 Å². The predicted molar refractivity (Wildman–Crippen MR) is 105 cm³/mol. The van der Waals surface area contributed by atoms with E-state index in [1.165, 1.54) is 44.6 Å². The van der Waals surface area contributed by atoms with Crippen LogP contribution in [0.5, 0.6) is 0 Å². The molecule has 5 unspecified atom stereocenters. The number of alkyl halides is 3. The second-order valence-corrected chi connectivity index (χ2v) is 8.66. The number of piperidine rings is 2. The number of hydrogen-bond donors (Lipinski definition) is 2. The van der Waals surface area contributed by atoms with Crippen LogP contribution < -0.4 is 0 Å². The van der Waals surface area contributed by atoms with Gasteiger partial charge in [-0.2, -0.15) is 13.2 Å². The monoisotopic (exact) mass is 569 g/mol. The van der Waals surface area contributed by atoms with E-state index in [1.807, 2.05) is 0 Å². The first kappa shape index (κ1) is 25.8. The molecule has 163 valence electrons. The number of thiophene rings is 1. The van der Waals surface area contributed by atoms with Gasteiger partial charge in [-0.25, -0.2) is 0 Å². The predicted octanol–water partition coefficient (Wildman–Crippen LogP) is 5.87. The van der Waals surface area contributed by atoms with Crippen molar-refractivity contribution in [2.75, 3.05) is 13.1 Å². The van der Waals surface area contributed by atoms with E-state index in [9.17, 15) is 18.3 Å². The van der Waals surface area contributed by atoms with Crippen molar-refractivity contribution in [1.82, 2.24) is 0 Å². The molecular weight excluding hydrogens is 541 g/mol. The molecule has 4 nitrogen and oxygen atoms in total. The first-order valence-corrected chi connectivity index (χ1v) is 10.8. The Bertz CT molecular complexity index is 620. The molecule has 0 amide bonds. The summed E-state index contributed by atoms with van der Waals surface area (Å²) < 4.78 is 35.5. The topological polar surface area (TPSA) is 68.7 Å². The van der Waals surface area contributed by atoms with Crippen molar-refractivity contribution in [3.63, 3.8) is 0 Å². The van der Waals surface area contributed by atoms with Gasteiger partial charge in [0.25, 0.3) is 0 Å². The molecule has 1 aliphatic carbocycles. The summed E-state index contributed by atoms with van der Waals surface area (Å²) in [4.78, 5) is 0.348. The molecule has 0 spiro atoms. The Balaban J connectivity index is 0.000000200. The van der Waals surface area contributed by atoms with Gasteiger partial charge in [-0.05, 0) is 17.5 Å². The van der Waals surface area contributed by atoms with Crippen LogP contribution in [0, 0.1) is 61.2 Å². The van der Waals surface area contributed by atoms with E-state index in [0.29, 0.717) is 23.0 Å². The van der Waals surface area contributed by atoms with Crippen LogP contribution in [-0.4, -0.2) is 41.6 Å². The van der Waals surface area contributed by atoms with Gasteiger partial charge in [0.05, 0.1) is 0 Å². The third-order valence-electron chi connectivity index (χ3n) is 5.81. The van der Waals surface area contributed by atoms with Gasteiger partial charge in [0, 0.05) is 4.88 Å². The van der Waals surface area contributed by atoms with Gasteiger partial charge in [0.1, 0.15) is 6.10 Å². The van der Waals surface area contributed by atoms with Gasteiger partial charge in [0.15, 0.2) is 5.76 Å². The SMILES string of the molecule is C1C[N-]C2C(C1)CCC1CCC[N-]C12.O/C(=C\C(O)c1cccs1)C(F)(F)F.[Eu+2]. The Labute approximate surface area is 214 Å². The Morgan fingerprint density at radius 2 is 1.62 bits per heavy atom. The average Bonchev–Trinajstić information content (AvgIpc) is 3.23. The van der Waals surface area contributed by atoms with Crippen molar-refractivity contribution in [3.8, 4) is 0 Å². The summed E-state index contributed by atoms with van der Waals surface area (Å²) in [7, 11) is 0. The fourth-order valence-electron chi connectivity index (χ4n) is 4.45. The molecule has 1 aromatic heterocycles. The summed E-state index contributed by atoms with van der Waals surface area (Å²) in [6.07, 6.45) is 2.52. The molecule has 4 rings (SSSR count). The summed E-state index contributed by atoms with van der Waals surface area (Å²) in [6, 6.07) is 4.34. The van der Waals surface area contributed by atoms with Gasteiger partial charge >= 0.3 is 55.6 Å². The van der Waals surface area contributed by atoms with E-state index in [0.717, 1.165) is 36.3 Å². The quantitative estimate of drug-likeness (QED) is 0.439. The third kappa shape index (κ3) is 7.26. The minimum absolute atomic E-state index is 0. The summed E-state index contributed by atoms with van der Waals surface area (Å²) in [5.41, 5.74) is 0. The molecule has 29 heavy (non-hydrogen) atoms. The molecule has 2 N–H and O–H groups in total. The van der Waals surface area contributed by atoms with Gasteiger partial charge in [-0.1, -0.05) is 56.4 Å². The Kier molecular flexibility index (Phi) is 10.6. The second kappa shape index (κ2) is 11.9. The number of aliphatic hydroxyl groups is 2. The Morgan fingerprint density at radius 3 is 2.07 bits per heavy atom. The Morgan fingerprint density at radius 1 is 1.07 bits per heavy atom. The fourth-order valence-corrected chi connectivity index (χ4v) is 5.12. The van der Waals surface area contributed by atoms with Crippen molar-refractivity contribution in [3.05, 3.63) is 44.9 Å². The van der Waals surface area contributed by atoms with Crippen LogP contribution in [0.3, 0.4) is 0 Å². The van der Waals surface area contributed by atoms with E-state index < -0.39 is 18.0 Å². The zero-order chi connectivity index (χ0) is 20.1. The van der Waals surface area contributed by atoms with Gasteiger partial charge in [-0.15, -0.1) is 36.5 Å². The standard InChI is InChI=1S/C12H20N2.C8H7F3O2S.Eu/c1-3-9-5-6-10-4-2-8-14-12(10)11(9)13-7-1;9-8(10,11)7(13)4-5(12)6-2-1-3-14-6;/h9-12H,1-8H2;1-5,12-13H;/q-2;;+2/b;7-4-;. The molecule has 9 heteroatoms. The van der Waals surface area contributed by atoms with Crippen LogP contribution in [0.4, 0.5) is 13.2 Å². The van der Waals surface area contributed by atoms with E-state index >= 15 is 0 Å². The first-order chi connectivity index (χ1) is 13.4. The Hall–Kier alpha value is 0.494. The summed E-state index contributed by atoms with van der Waals surface area (Å²) >= 11 is 1.11. The normalized spacial score (nSPS) is 30.7. The molecule has 5 atom stereocenters. The average molecular weight is 568 g/mol. The van der Waals surface area contributed by atoms with Crippen molar-refractivity contribution in [2.24, 2.45) is 11.8 Å². The number of allylic oxidation sites excluding steroid dienone is 1. The zero-order valence-corrected chi connectivity index (χ0v) is 19.3. The molecule has 0 bridgehead atoms. The smallest absolute Gasteiger partial charge is 0.660 e. The minimum Gasteiger partial charge on any atom is -0.660 e.